The third-order valence-corrected chi connectivity index (χ3v) is 40.0. The van der Waals surface area contributed by atoms with Gasteiger partial charge in [-0.2, -0.15) is 0 Å². The van der Waals surface area contributed by atoms with Crippen LogP contribution in [0.15, 0.2) is 0 Å². The Morgan fingerprint density at radius 3 is 2.00 bits per heavy atom. The summed E-state index contributed by atoms with van der Waals surface area (Å²) in [6.45, 7) is 2.32. The summed E-state index contributed by atoms with van der Waals surface area (Å²) in [5.74, 6) is 4.28. The van der Waals surface area contributed by atoms with Gasteiger partial charge in [0, 0.05) is 0 Å². The molecule has 0 aromatic heterocycles. The van der Waals surface area contributed by atoms with Crippen molar-refractivity contribution in [3.63, 3.8) is 0 Å². The van der Waals surface area contributed by atoms with Gasteiger partial charge < -0.3 is 0 Å². The van der Waals surface area contributed by atoms with Gasteiger partial charge >= 0.3 is 119 Å². The number of hydrogen-bond acceptors (Lipinski definition) is 5. The zero-order valence-electron chi connectivity index (χ0n) is 9.02. The van der Waals surface area contributed by atoms with E-state index in [1.165, 1.54) is 36.5 Å². The fraction of sp³-hybridized carbons (Fsp3) is 1.00. The fourth-order valence-electron chi connectivity index (χ4n) is 1.22. The molecule has 88 valence electrons. The van der Waals surface area contributed by atoms with Crippen LogP contribution in [0.2, 0.25) is 0 Å². The molecule has 0 aliphatic carbocycles. The van der Waals surface area contributed by atoms with E-state index >= 15 is 0 Å². The summed E-state index contributed by atoms with van der Waals surface area (Å²) in [6, 6.07) is 0. The summed E-state index contributed by atoms with van der Waals surface area (Å²) in [6.07, 6.45) is 4.36. The van der Waals surface area contributed by atoms with Crippen LogP contribution < -0.4 is 0 Å². The Hall–Kier alpha value is 2.55. The van der Waals surface area contributed by atoms with Crippen LogP contribution in [0.4, 0.5) is 0 Å². The molecule has 0 nitrogen and oxygen atoms in total. The fourth-order valence-corrected chi connectivity index (χ4v) is 50.7. The Labute approximate surface area is 117 Å². The summed E-state index contributed by atoms with van der Waals surface area (Å²) < 4.78 is 2.01. The van der Waals surface area contributed by atoms with Crippen LogP contribution in [0, 0.1) is 0 Å². The minimum absolute atomic E-state index is 1.01. The van der Waals surface area contributed by atoms with Gasteiger partial charge in [-0.05, 0) is 0 Å². The van der Waals surface area contributed by atoms with Gasteiger partial charge in [0.25, 0.3) is 0 Å². The van der Waals surface area contributed by atoms with Crippen LogP contribution in [0.25, 0.3) is 0 Å². The monoisotopic (exact) mass is 406 g/mol. The standard InChI is InChI=1S/2C3H6S2.C3H8S.Sn.H/c2*4-3-1-2-5-3;1-2-3-4;;/h2*3-4H,1-2H2;4H,2-3H2,1H3;;/q;;;+3;/p-3. The van der Waals surface area contributed by atoms with E-state index < -0.39 is 15.6 Å². The molecule has 6 heteroatoms. The van der Waals surface area contributed by atoms with E-state index in [1.807, 2.05) is 0 Å². The third kappa shape index (κ3) is 4.97. The van der Waals surface area contributed by atoms with Gasteiger partial charge in [-0.15, -0.1) is 0 Å². The van der Waals surface area contributed by atoms with Gasteiger partial charge in [0.1, 0.15) is 0 Å². The average Bonchev–Trinajstić information content (AvgIpc) is 2.11. The van der Waals surface area contributed by atoms with Gasteiger partial charge in [-0.25, -0.2) is 0 Å². The minimum atomic E-state index is -1.31. The molecule has 0 aromatic carbocycles. The van der Waals surface area contributed by atoms with E-state index in [1.54, 1.807) is 0 Å². The van der Waals surface area contributed by atoms with Crippen LogP contribution in [0.1, 0.15) is 26.2 Å². The van der Waals surface area contributed by atoms with E-state index in [2.05, 4.69) is 57.3 Å². The zero-order valence-corrected chi connectivity index (χ0v) is 16.4. The number of hydrogen-bond donors (Lipinski definition) is 0. The molecule has 0 N–H and O–H groups in total. The molecule has 2 heterocycles. The molecule has 0 saturated carbocycles. The quantitative estimate of drug-likeness (QED) is 0.580. The third-order valence-electron chi connectivity index (χ3n) is 2.30. The molecule has 15 heavy (non-hydrogen) atoms. The Bertz CT molecular complexity index is 167. The van der Waals surface area contributed by atoms with E-state index in [-0.39, 0.29) is 0 Å². The molecule has 2 saturated heterocycles. The van der Waals surface area contributed by atoms with Gasteiger partial charge in [0.15, 0.2) is 0 Å². The summed E-state index contributed by atoms with van der Waals surface area (Å²) in [7, 11) is 7.26. The molecule has 2 aliphatic rings. The second kappa shape index (κ2) is 7.87. The Morgan fingerprint density at radius 1 is 1.13 bits per heavy atom. The van der Waals surface area contributed by atoms with Gasteiger partial charge in [-0.3, -0.25) is 0 Å². The van der Waals surface area contributed by atoms with E-state index in [9.17, 15) is 0 Å². The molecule has 2 unspecified atom stereocenters. The molecule has 0 aromatic rings. The molecule has 0 spiro atoms. The van der Waals surface area contributed by atoms with Crippen molar-refractivity contribution < 1.29 is 0 Å². The summed E-state index contributed by atoms with van der Waals surface area (Å²) in [5, 5.41) is 0. The molecule has 2 atom stereocenters. The van der Waals surface area contributed by atoms with Crippen LogP contribution in [0.3, 0.4) is 0 Å². The maximum atomic E-state index is 2.43. The van der Waals surface area contributed by atoms with E-state index in [4.69, 9.17) is 0 Å². The number of rotatable bonds is 7. The second-order valence-electron chi connectivity index (χ2n) is 3.61. The molecule has 2 aliphatic heterocycles. The molecule has 2 fully saturated rings. The number of thioether (sulfide) groups is 2. The van der Waals surface area contributed by atoms with Crippen molar-refractivity contribution in [3.05, 3.63) is 0 Å². The maximum absolute atomic E-state index is 2.43. The van der Waals surface area contributed by atoms with E-state index in [0.717, 1.165) is 9.16 Å². The molecule has 0 radical (unpaired) electrons. The first kappa shape index (κ1) is 14.0. The first-order valence-corrected chi connectivity index (χ1v) is 22.7. The first-order chi connectivity index (χ1) is 7.38. The van der Waals surface area contributed by atoms with Gasteiger partial charge in [-0.1, -0.05) is 0 Å². The molecule has 0 amide bonds. The predicted molar refractivity (Wildman–Crippen MR) is 86.8 cm³/mol. The summed E-state index contributed by atoms with van der Waals surface area (Å²) in [5.41, 5.74) is 0. The predicted octanol–water partition coefficient (Wildman–Crippen LogP) is 4.24. The van der Waals surface area contributed by atoms with Crippen LogP contribution in [-0.2, 0) is 0 Å². The van der Waals surface area contributed by atoms with Crippen molar-refractivity contribution in [2.75, 3.05) is 17.3 Å². The van der Waals surface area contributed by atoms with Crippen LogP contribution in [0.5, 0.6) is 0 Å². The van der Waals surface area contributed by atoms with Crippen molar-refractivity contribution >= 4 is 66.0 Å². The summed E-state index contributed by atoms with van der Waals surface area (Å²) >= 11 is 3.10. The average molecular weight is 405 g/mol. The van der Waals surface area contributed by atoms with Crippen molar-refractivity contribution in [1.29, 1.82) is 0 Å². The van der Waals surface area contributed by atoms with Crippen LogP contribution in [-0.4, -0.2) is 42.0 Å². The van der Waals surface area contributed by atoms with E-state index in [0.29, 0.717) is 0 Å². The topological polar surface area (TPSA) is 0 Å². The molecular formula is C9H18S5Sn. The van der Waals surface area contributed by atoms with Gasteiger partial charge in [0.2, 0.25) is 0 Å². The Kier molecular flexibility index (Phi) is 7.33. The SMILES string of the molecule is CCC[S][SnH]([S]C1CCS1)[S]C1CCS1. The zero-order chi connectivity index (χ0) is 10.5. The second-order valence-corrected chi connectivity index (χ2v) is 33.9. The first-order valence-electron chi connectivity index (χ1n) is 5.54. The molecule has 0 bridgehead atoms. The normalized spacial score (nSPS) is 31.8. The van der Waals surface area contributed by atoms with Crippen molar-refractivity contribution in [3.8, 4) is 0 Å². The van der Waals surface area contributed by atoms with Crippen molar-refractivity contribution in [2.45, 2.75) is 35.4 Å². The Balaban J connectivity index is 1.67. The van der Waals surface area contributed by atoms with Crippen molar-refractivity contribution in [2.24, 2.45) is 0 Å². The molecule has 2 rings (SSSR count). The van der Waals surface area contributed by atoms with Gasteiger partial charge in [0.05, 0.1) is 0 Å². The molecular weight excluding hydrogens is 387 g/mol. The summed E-state index contributed by atoms with van der Waals surface area (Å²) in [4.78, 5) is 0. The van der Waals surface area contributed by atoms with Crippen molar-refractivity contribution in [1.82, 2.24) is 0 Å². The van der Waals surface area contributed by atoms with Crippen LogP contribution >= 0.6 is 50.4 Å². The Morgan fingerprint density at radius 2 is 1.67 bits per heavy atom.